The van der Waals surface area contributed by atoms with Gasteiger partial charge in [-0.15, -0.1) is 11.3 Å². The summed E-state index contributed by atoms with van der Waals surface area (Å²) in [5.41, 5.74) is 1.93. The zero-order valence-corrected chi connectivity index (χ0v) is 18.0. The molecule has 4 aromatic rings. The van der Waals surface area contributed by atoms with E-state index in [-0.39, 0.29) is 12.0 Å². The van der Waals surface area contributed by atoms with E-state index < -0.39 is 11.9 Å². The molecule has 8 nitrogen and oxygen atoms in total. The number of carboxylic acid groups (broad SMARTS) is 1. The van der Waals surface area contributed by atoms with Crippen LogP contribution >= 0.6 is 22.9 Å². The maximum atomic E-state index is 12.1. The lowest BCUT2D eigenvalue weighted by molar-refractivity contribution is -0.148. The molecule has 1 unspecified atom stereocenters. The van der Waals surface area contributed by atoms with Crippen molar-refractivity contribution in [3.05, 3.63) is 29.0 Å². The van der Waals surface area contributed by atoms with Gasteiger partial charge in [0.2, 0.25) is 0 Å². The first kappa shape index (κ1) is 18.9. The fourth-order valence-electron chi connectivity index (χ4n) is 5.30. The molecule has 0 spiro atoms. The first-order valence-electron chi connectivity index (χ1n) is 10.3. The number of fused-ring (bicyclic) bond motifs is 5. The monoisotopic (exact) mass is 454 g/mol. The minimum Gasteiger partial charge on any atom is -0.481 e. The number of nitrogens with zero attached hydrogens (tertiary/aromatic N) is 4. The summed E-state index contributed by atoms with van der Waals surface area (Å²) in [6.07, 6.45) is 7.39. The van der Waals surface area contributed by atoms with E-state index in [1.165, 1.54) is 17.5 Å². The molecular weight excluding hydrogens is 436 g/mol. The summed E-state index contributed by atoms with van der Waals surface area (Å²) >= 11 is 7.59. The zero-order valence-electron chi connectivity index (χ0n) is 16.4. The van der Waals surface area contributed by atoms with Crippen molar-refractivity contribution in [1.29, 1.82) is 0 Å². The van der Waals surface area contributed by atoms with Gasteiger partial charge in [-0.3, -0.25) is 4.79 Å². The fraction of sp³-hybridized carbons (Fsp3) is 0.381. The molecule has 4 aromatic heterocycles. The Kier molecular flexibility index (Phi) is 4.36. The summed E-state index contributed by atoms with van der Waals surface area (Å²) in [6.45, 7) is 0. The molecule has 3 aliphatic carbocycles. The van der Waals surface area contributed by atoms with E-state index in [2.05, 4.69) is 20.3 Å². The van der Waals surface area contributed by atoms with Crippen LogP contribution in [0.15, 0.2) is 23.8 Å². The van der Waals surface area contributed by atoms with Crippen LogP contribution in [0.3, 0.4) is 0 Å². The van der Waals surface area contributed by atoms with Crippen molar-refractivity contribution in [2.24, 2.45) is 17.8 Å². The van der Waals surface area contributed by atoms with Crippen molar-refractivity contribution in [2.75, 3.05) is 5.32 Å². The van der Waals surface area contributed by atoms with Crippen LogP contribution in [0.2, 0.25) is 5.15 Å². The molecular formula is C21H19ClN6O2S. The Bertz CT molecular complexity index is 1310. The Morgan fingerprint density at radius 2 is 2.00 bits per heavy atom. The lowest BCUT2D eigenvalue weighted by atomic mass is 9.61. The summed E-state index contributed by atoms with van der Waals surface area (Å²) < 4.78 is 0. The largest absolute Gasteiger partial charge is 0.481 e. The number of aliphatic carboxylic acids is 1. The van der Waals surface area contributed by atoms with Gasteiger partial charge in [-0.25, -0.2) is 19.9 Å². The standard InChI is InChI=1S/C21H19ClN6O2S/c22-13-8-24-19-16(25-13)12(7-23-19)18-27-17(11-5-6-31-20(11)28-18)26-15-10-3-1-9(2-4-10)14(15)21(29)30/h5-10,14-15H,1-4H2,(H,23,24)(H,29,30)(H,26,27,28)/t9?,10?,14?,15-/m0/s1. The van der Waals surface area contributed by atoms with Crippen LogP contribution in [-0.4, -0.2) is 42.0 Å². The summed E-state index contributed by atoms with van der Waals surface area (Å²) in [7, 11) is 0. The number of aromatic amines is 1. The number of nitrogens with one attached hydrogen (secondary N) is 2. The highest BCUT2D eigenvalue weighted by Gasteiger charge is 2.47. The van der Waals surface area contributed by atoms with Crippen LogP contribution in [-0.2, 0) is 4.79 Å². The van der Waals surface area contributed by atoms with Gasteiger partial charge >= 0.3 is 5.97 Å². The Labute approximate surface area is 186 Å². The Morgan fingerprint density at radius 1 is 1.19 bits per heavy atom. The summed E-state index contributed by atoms with van der Waals surface area (Å²) in [4.78, 5) is 34.2. The van der Waals surface area contributed by atoms with Gasteiger partial charge in [0.15, 0.2) is 11.5 Å². The van der Waals surface area contributed by atoms with Crippen molar-refractivity contribution in [3.8, 4) is 11.4 Å². The lowest BCUT2D eigenvalue weighted by Gasteiger charge is -2.47. The molecule has 7 rings (SSSR count). The number of carboxylic acids is 1. The van der Waals surface area contributed by atoms with Crippen LogP contribution in [0.25, 0.3) is 32.8 Å². The van der Waals surface area contributed by atoms with E-state index in [0.717, 1.165) is 35.9 Å². The number of halogens is 1. The van der Waals surface area contributed by atoms with Gasteiger partial charge in [-0.05, 0) is 49.0 Å². The Balaban J connectivity index is 1.46. The molecule has 3 saturated carbocycles. The highest BCUT2D eigenvalue weighted by atomic mass is 35.5. The maximum absolute atomic E-state index is 12.1. The smallest absolute Gasteiger partial charge is 0.308 e. The van der Waals surface area contributed by atoms with Crippen LogP contribution in [0.4, 0.5) is 5.82 Å². The van der Waals surface area contributed by atoms with Gasteiger partial charge in [0.05, 0.1) is 23.1 Å². The molecule has 0 saturated heterocycles. The van der Waals surface area contributed by atoms with Crippen LogP contribution in [0.5, 0.6) is 0 Å². The highest BCUT2D eigenvalue weighted by molar-refractivity contribution is 7.16. The SMILES string of the molecule is O=C(O)C1C2CCC(CC2)[C@@H]1Nc1nc(-c2c[nH]c3ncc(Cl)nc23)nc2sccc12. The van der Waals surface area contributed by atoms with Crippen molar-refractivity contribution in [2.45, 2.75) is 31.7 Å². The number of H-pyrrole nitrogens is 1. The Morgan fingerprint density at radius 3 is 2.81 bits per heavy atom. The van der Waals surface area contributed by atoms with Crippen molar-refractivity contribution in [3.63, 3.8) is 0 Å². The van der Waals surface area contributed by atoms with E-state index in [0.29, 0.717) is 39.4 Å². The van der Waals surface area contributed by atoms with Gasteiger partial charge < -0.3 is 15.4 Å². The van der Waals surface area contributed by atoms with Crippen molar-refractivity contribution < 1.29 is 9.90 Å². The summed E-state index contributed by atoms with van der Waals surface area (Å²) in [6, 6.07) is 1.85. The predicted molar refractivity (Wildman–Crippen MR) is 119 cm³/mol. The minimum atomic E-state index is -0.718. The second-order valence-corrected chi connectivity index (χ2v) is 9.62. The van der Waals surface area contributed by atoms with Crippen molar-refractivity contribution >= 4 is 56.1 Å². The molecule has 31 heavy (non-hydrogen) atoms. The van der Waals surface area contributed by atoms with E-state index in [1.807, 2.05) is 11.4 Å². The zero-order chi connectivity index (χ0) is 21.1. The van der Waals surface area contributed by atoms with E-state index in [9.17, 15) is 9.90 Å². The number of hydrogen-bond acceptors (Lipinski definition) is 7. The first-order valence-corrected chi connectivity index (χ1v) is 11.6. The maximum Gasteiger partial charge on any atom is 0.308 e. The number of thiophene rings is 1. The third-order valence-corrected chi connectivity index (χ3v) is 7.71. The average molecular weight is 455 g/mol. The average Bonchev–Trinajstić information content (AvgIpc) is 3.41. The highest BCUT2D eigenvalue weighted by Crippen LogP contribution is 2.47. The van der Waals surface area contributed by atoms with E-state index >= 15 is 0 Å². The molecule has 0 amide bonds. The number of aromatic nitrogens is 5. The van der Waals surface area contributed by atoms with Crippen LogP contribution in [0, 0.1) is 17.8 Å². The second-order valence-electron chi connectivity index (χ2n) is 8.34. The lowest BCUT2D eigenvalue weighted by Crippen LogP contribution is -2.51. The predicted octanol–water partition coefficient (Wildman–Crippen LogP) is 4.58. The minimum absolute atomic E-state index is 0.131. The first-order chi connectivity index (χ1) is 15.1. The molecule has 0 aliphatic heterocycles. The van der Waals surface area contributed by atoms with Gasteiger partial charge in [-0.2, -0.15) is 0 Å². The Hall–Kier alpha value is -2.78. The number of anilines is 1. The molecule has 0 radical (unpaired) electrons. The molecule has 158 valence electrons. The quantitative estimate of drug-likeness (QED) is 0.413. The molecule has 4 heterocycles. The molecule has 0 aromatic carbocycles. The third kappa shape index (κ3) is 3.06. The molecule has 2 bridgehead atoms. The van der Waals surface area contributed by atoms with E-state index in [4.69, 9.17) is 21.6 Å². The normalized spacial score (nSPS) is 25.3. The van der Waals surface area contributed by atoms with Gasteiger partial charge in [-0.1, -0.05) is 11.6 Å². The van der Waals surface area contributed by atoms with Gasteiger partial charge in [0, 0.05) is 12.2 Å². The molecule has 10 heteroatoms. The summed E-state index contributed by atoms with van der Waals surface area (Å²) in [5, 5.41) is 16.6. The van der Waals surface area contributed by atoms with Gasteiger partial charge in [0.1, 0.15) is 21.3 Å². The van der Waals surface area contributed by atoms with Crippen LogP contribution < -0.4 is 5.32 Å². The molecule has 2 atom stereocenters. The van der Waals surface area contributed by atoms with Crippen LogP contribution in [0.1, 0.15) is 25.7 Å². The molecule has 3 aliphatic rings. The topological polar surface area (TPSA) is 117 Å². The number of carbonyl (C=O) groups is 1. The van der Waals surface area contributed by atoms with E-state index in [1.54, 1.807) is 6.20 Å². The second kappa shape index (κ2) is 7.13. The number of rotatable bonds is 4. The van der Waals surface area contributed by atoms with Crippen molar-refractivity contribution in [1.82, 2.24) is 24.9 Å². The number of hydrogen-bond donors (Lipinski definition) is 3. The van der Waals surface area contributed by atoms with Gasteiger partial charge in [0.25, 0.3) is 0 Å². The molecule has 3 fully saturated rings. The molecule has 3 N–H and O–H groups in total. The fourth-order valence-corrected chi connectivity index (χ4v) is 6.19. The summed E-state index contributed by atoms with van der Waals surface area (Å²) in [5.74, 6) is 0.644. The third-order valence-electron chi connectivity index (χ3n) is 6.73.